The lowest BCUT2D eigenvalue weighted by Gasteiger charge is -2.24. The molecule has 1 amide bonds. The van der Waals surface area contributed by atoms with Crippen molar-refractivity contribution in [2.45, 2.75) is 24.1 Å². The minimum absolute atomic E-state index is 0.0413. The summed E-state index contributed by atoms with van der Waals surface area (Å²) in [5, 5.41) is 10.4. The van der Waals surface area contributed by atoms with Crippen molar-refractivity contribution in [1.82, 2.24) is 0 Å². The van der Waals surface area contributed by atoms with Crippen molar-refractivity contribution in [1.29, 1.82) is 0 Å². The van der Waals surface area contributed by atoms with E-state index in [9.17, 15) is 27.5 Å². The Bertz CT molecular complexity index is 855. The zero-order chi connectivity index (χ0) is 18.2. The quantitative estimate of drug-likeness (QED) is 0.716. The maximum Gasteiger partial charge on any atom is 0.248 e. The van der Waals surface area contributed by atoms with E-state index in [2.05, 4.69) is 4.99 Å². The van der Waals surface area contributed by atoms with Crippen molar-refractivity contribution in [2.75, 3.05) is 16.4 Å². The number of carbonyl (C=O) groups excluding carboxylic acids is 2. The van der Waals surface area contributed by atoms with E-state index in [1.165, 1.54) is 18.2 Å². The molecule has 0 spiro atoms. The first-order valence-corrected chi connectivity index (χ1v) is 10.2. The molecule has 0 N–H and O–H groups in total. The van der Waals surface area contributed by atoms with E-state index in [-0.39, 0.29) is 28.3 Å². The van der Waals surface area contributed by atoms with Crippen LogP contribution in [0.25, 0.3) is 0 Å². The van der Waals surface area contributed by atoms with Crippen LogP contribution in [-0.2, 0) is 19.4 Å². The predicted octanol–water partition coefficient (Wildman–Crippen LogP) is -0.0428. The van der Waals surface area contributed by atoms with Crippen molar-refractivity contribution >= 4 is 44.3 Å². The number of hydrogen-bond acceptors (Lipinski definition) is 6. The number of nitrogens with zero attached hydrogens (tertiary/aromatic N) is 2. The number of anilines is 1. The summed E-state index contributed by atoms with van der Waals surface area (Å²) >= 11 is 1.15. The van der Waals surface area contributed by atoms with Crippen LogP contribution in [0.4, 0.5) is 10.1 Å². The number of hydrogen-bond donors (Lipinski definition) is 0. The summed E-state index contributed by atoms with van der Waals surface area (Å²) in [6.45, 7) is 0. The Kier molecular flexibility index (Phi) is 4.83. The van der Waals surface area contributed by atoms with Gasteiger partial charge in [-0.3, -0.25) is 4.79 Å². The van der Waals surface area contributed by atoms with Gasteiger partial charge in [0, 0.05) is 23.3 Å². The number of carboxylic acid groups (broad SMARTS) is 1. The highest BCUT2D eigenvalue weighted by molar-refractivity contribution is 8.16. The number of amides is 1. The Morgan fingerprint density at radius 1 is 1.32 bits per heavy atom. The molecule has 2 heterocycles. The second kappa shape index (κ2) is 6.75. The van der Waals surface area contributed by atoms with Crippen LogP contribution < -0.4 is 10.0 Å². The normalized spacial score (nSPS) is 26.0. The molecule has 2 aliphatic heterocycles. The number of fused-ring (bicyclic) bond motifs is 1. The third-order valence-electron chi connectivity index (χ3n) is 3.92. The number of sulfone groups is 1. The van der Waals surface area contributed by atoms with Gasteiger partial charge in [0.05, 0.1) is 17.5 Å². The van der Waals surface area contributed by atoms with E-state index < -0.39 is 40.0 Å². The van der Waals surface area contributed by atoms with Gasteiger partial charge in [0.2, 0.25) is 5.91 Å². The number of halogens is 1. The zero-order valence-corrected chi connectivity index (χ0v) is 14.6. The van der Waals surface area contributed by atoms with Gasteiger partial charge >= 0.3 is 0 Å². The molecule has 2 aliphatic rings. The average molecular weight is 385 g/mol. The van der Waals surface area contributed by atoms with Gasteiger partial charge in [0.25, 0.3) is 0 Å². The lowest BCUT2D eigenvalue weighted by molar-refractivity contribution is -0.305. The van der Waals surface area contributed by atoms with Crippen molar-refractivity contribution < 1.29 is 27.5 Å². The van der Waals surface area contributed by atoms with Crippen LogP contribution in [0, 0.1) is 5.82 Å². The van der Waals surface area contributed by atoms with Gasteiger partial charge in [0.15, 0.2) is 15.0 Å². The molecule has 0 aromatic heterocycles. The Labute approximate surface area is 147 Å². The van der Waals surface area contributed by atoms with Gasteiger partial charge in [-0.05, 0) is 24.6 Å². The van der Waals surface area contributed by atoms with Crippen molar-refractivity contribution in [3.05, 3.63) is 30.1 Å². The average Bonchev–Trinajstić information content (AvgIpc) is 2.96. The van der Waals surface area contributed by atoms with Crippen LogP contribution >= 0.6 is 11.8 Å². The van der Waals surface area contributed by atoms with Crippen LogP contribution in [-0.4, -0.2) is 48.3 Å². The Morgan fingerprint density at radius 3 is 2.76 bits per heavy atom. The first kappa shape index (κ1) is 17.9. The molecule has 0 unspecified atom stereocenters. The number of carbonyl (C=O) groups is 2. The number of carboxylic acids is 1. The fraction of sp³-hybridized carbons (Fsp3) is 0.400. The maximum absolute atomic E-state index is 13.6. The summed E-state index contributed by atoms with van der Waals surface area (Å²) in [7, 11) is -3.21. The molecule has 0 bridgehead atoms. The monoisotopic (exact) mass is 385 g/mol. The lowest BCUT2D eigenvalue weighted by atomic mass is 10.2. The van der Waals surface area contributed by atoms with Crippen LogP contribution in [0.1, 0.15) is 12.8 Å². The standard InChI is InChI=1S/C15H15FN2O5S2/c16-9-2-1-3-10(6-9)18-11-7-25(22,23)8-12(11)24-15(18)17-13(19)4-5-14(20)21/h1-3,6,11-12H,4-5,7-8H2,(H,20,21)/p-1/t11-,12-/m0/s1. The van der Waals surface area contributed by atoms with E-state index in [4.69, 9.17) is 0 Å². The molecular weight excluding hydrogens is 371 g/mol. The number of thioether (sulfide) groups is 1. The first-order valence-electron chi connectivity index (χ1n) is 7.48. The maximum atomic E-state index is 13.6. The molecule has 2 fully saturated rings. The third-order valence-corrected chi connectivity index (χ3v) is 7.13. The fourth-order valence-corrected chi connectivity index (χ4v) is 6.80. The van der Waals surface area contributed by atoms with Crippen LogP contribution in [0.2, 0.25) is 0 Å². The van der Waals surface area contributed by atoms with Gasteiger partial charge < -0.3 is 14.8 Å². The van der Waals surface area contributed by atoms with Gasteiger partial charge in [-0.15, -0.1) is 0 Å². The SMILES string of the molecule is O=C([O-])CCC(=O)N=C1S[C@H]2CS(=O)(=O)C[C@@H]2N1c1cccc(F)c1. The largest absolute Gasteiger partial charge is 0.550 e. The van der Waals surface area contributed by atoms with Crippen LogP contribution in [0.3, 0.4) is 0 Å². The summed E-state index contributed by atoms with van der Waals surface area (Å²) in [6, 6.07) is 5.16. The topological polar surface area (TPSA) is 107 Å². The highest BCUT2D eigenvalue weighted by atomic mass is 32.2. The molecule has 0 saturated carbocycles. The summed E-state index contributed by atoms with van der Waals surface area (Å²) in [6.07, 6.45) is -0.751. The molecule has 0 radical (unpaired) electrons. The highest BCUT2D eigenvalue weighted by Crippen LogP contribution is 2.41. The Balaban J connectivity index is 1.92. The fourth-order valence-electron chi connectivity index (χ4n) is 2.86. The van der Waals surface area contributed by atoms with E-state index in [0.717, 1.165) is 11.8 Å². The van der Waals surface area contributed by atoms with E-state index in [1.54, 1.807) is 11.0 Å². The molecule has 1 aromatic carbocycles. The number of aliphatic imine (C=N–C) groups is 1. The molecule has 25 heavy (non-hydrogen) atoms. The molecule has 1 aromatic rings. The van der Waals surface area contributed by atoms with Crippen LogP contribution in [0.15, 0.2) is 29.3 Å². The van der Waals surface area contributed by atoms with E-state index in [1.807, 2.05) is 0 Å². The van der Waals surface area contributed by atoms with E-state index in [0.29, 0.717) is 5.69 Å². The third kappa shape index (κ3) is 4.01. The number of rotatable bonds is 4. The van der Waals surface area contributed by atoms with Gasteiger partial charge in [0.1, 0.15) is 5.82 Å². The Hall–Kier alpha value is -1.94. The molecule has 134 valence electrons. The summed E-state index contributed by atoms with van der Waals surface area (Å²) in [5.74, 6) is -2.63. The second-order valence-corrected chi connectivity index (χ2v) is 9.17. The molecule has 7 nitrogen and oxygen atoms in total. The summed E-state index contributed by atoms with van der Waals surface area (Å²) in [5.41, 5.74) is 0.406. The lowest BCUT2D eigenvalue weighted by Crippen LogP contribution is -2.37. The molecule has 0 aliphatic carbocycles. The van der Waals surface area contributed by atoms with Crippen molar-refractivity contribution in [2.24, 2.45) is 4.99 Å². The van der Waals surface area contributed by atoms with Gasteiger partial charge in [-0.1, -0.05) is 17.8 Å². The van der Waals surface area contributed by atoms with Crippen molar-refractivity contribution in [3.63, 3.8) is 0 Å². The van der Waals surface area contributed by atoms with Crippen LogP contribution in [0.5, 0.6) is 0 Å². The summed E-state index contributed by atoms with van der Waals surface area (Å²) < 4.78 is 37.4. The predicted molar refractivity (Wildman–Crippen MR) is 89.4 cm³/mol. The number of aliphatic carboxylic acids is 1. The smallest absolute Gasteiger partial charge is 0.248 e. The highest BCUT2D eigenvalue weighted by Gasteiger charge is 2.49. The molecule has 2 saturated heterocycles. The zero-order valence-electron chi connectivity index (χ0n) is 12.9. The Morgan fingerprint density at radius 2 is 2.08 bits per heavy atom. The second-order valence-electron chi connectivity index (χ2n) is 5.81. The molecular formula is C15H14FN2O5S2-. The van der Waals surface area contributed by atoms with Gasteiger partial charge in [-0.25, -0.2) is 12.8 Å². The first-order chi connectivity index (χ1) is 11.7. The van der Waals surface area contributed by atoms with E-state index >= 15 is 0 Å². The summed E-state index contributed by atoms with van der Waals surface area (Å²) in [4.78, 5) is 27.8. The molecule has 3 rings (SSSR count). The molecule has 2 atom stereocenters. The number of amidine groups is 1. The molecule has 10 heteroatoms. The van der Waals surface area contributed by atoms with Crippen molar-refractivity contribution in [3.8, 4) is 0 Å². The van der Waals surface area contributed by atoms with Gasteiger partial charge in [-0.2, -0.15) is 4.99 Å². The number of benzene rings is 1. The minimum Gasteiger partial charge on any atom is -0.550 e. The minimum atomic E-state index is -3.21.